The Hall–Kier alpha value is -1.24. The van der Waals surface area contributed by atoms with Crippen LogP contribution in [0.1, 0.15) is 58.4 Å². The van der Waals surface area contributed by atoms with E-state index in [1.807, 2.05) is 0 Å². The van der Waals surface area contributed by atoms with E-state index in [9.17, 15) is 0 Å². The van der Waals surface area contributed by atoms with Gasteiger partial charge < -0.3 is 5.32 Å². The lowest BCUT2D eigenvalue weighted by Crippen LogP contribution is -2.14. The Labute approximate surface area is 125 Å². The van der Waals surface area contributed by atoms with Crippen LogP contribution in [0.4, 0.5) is 0 Å². The SMILES string of the molecule is C=C(CCc1ccccc1)NCCCCCC(C)(C)C. The smallest absolute Gasteiger partial charge is 0.0143 e. The van der Waals surface area contributed by atoms with Crippen LogP contribution >= 0.6 is 0 Å². The molecule has 0 bridgehead atoms. The van der Waals surface area contributed by atoms with Crippen molar-refractivity contribution in [1.29, 1.82) is 0 Å². The molecule has 0 fully saturated rings. The number of hydrogen-bond donors (Lipinski definition) is 1. The summed E-state index contributed by atoms with van der Waals surface area (Å²) in [5.41, 5.74) is 3.04. The van der Waals surface area contributed by atoms with Gasteiger partial charge in [-0.2, -0.15) is 0 Å². The summed E-state index contributed by atoms with van der Waals surface area (Å²) in [5.74, 6) is 0. The van der Waals surface area contributed by atoms with Crippen LogP contribution in [-0.2, 0) is 6.42 Å². The van der Waals surface area contributed by atoms with Crippen molar-refractivity contribution in [2.75, 3.05) is 6.54 Å². The molecular formula is C19H31N. The minimum atomic E-state index is 0.479. The van der Waals surface area contributed by atoms with Gasteiger partial charge in [0.2, 0.25) is 0 Å². The molecule has 112 valence electrons. The van der Waals surface area contributed by atoms with Crippen LogP contribution < -0.4 is 5.32 Å². The summed E-state index contributed by atoms with van der Waals surface area (Å²) < 4.78 is 0. The maximum atomic E-state index is 4.12. The van der Waals surface area contributed by atoms with Gasteiger partial charge in [0.15, 0.2) is 0 Å². The predicted molar refractivity (Wildman–Crippen MR) is 89.8 cm³/mol. The lowest BCUT2D eigenvalue weighted by atomic mass is 9.89. The number of aryl methyl sites for hydroxylation is 1. The van der Waals surface area contributed by atoms with Gasteiger partial charge in [0.05, 0.1) is 0 Å². The van der Waals surface area contributed by atoms with Crippen LogP contribution in [-0.4, -0.2) is 6.54 Å². The average Bonchev–Trinajstić information content (AvgIpc) is 2.40. The van der Waals surface area contributed by atoms with Gasteiger partial charge >= 0.3 is 0 Å². The van der Waals surface area contributed by atoms with Gasteiger partial charge in [-0.1, -0.05) is 70.5 Å². The molecule has 1 nitrogen and oxygen atoms in total. The number of rotatable bonds is 9. The molecule has 1 aromatic carbocycles. The van der Waals surface area contributed by atoms with Gasteiger partial charge in [-0.3, -0.25) is 0 Å². The van der Waals surface area contributed by atoms with E-state index in [1.165, 1.54) is 36.9 Å². The van der Waals surface area contributed by atoms with E-state index in [2.05, 4.69) is 63.0 Å². The van der Waals surface area contributed by atoms with Gasteiger partial charge in [0.1, 0.15) is 0 Å². The summed E-state index contributed by atoms with van der Waals surface area (Å²) in [5, 5.41) is 3.46. The molecule has 20 heavy (non-hydrogen) atoms. The maximum Gasteiger partial charge on any atom is 0.0143 e. The van der Waals surface area contributed by atoms with Gasteiger partial charge in [-0.15, -0.1) is 0 Å². The summed E-state index contributed by atoms with van der Waals surface area (Å²) in [6.07, 6.45) is 7.34. The highest BCUT2D eigenvalue weighted by Gasteiger charge is 2.08. The Morgan fingerprint density at radius 3 is 2.40 bits per heavy atom. The van der Waals surface area contributed by atoms with Crippen LogP contribution in [0.15, 0.2) is 42.6 Å². The van der Waals surface area contributed by atoms with Crippen molar-refractivity contribution in [1.82, 2.24) is 5.32 Å². The molecule has 0 saturated carbocycles. The Bertz CT molecular complexity index is 373. The topological polar surface area (TPSA) is 12.0 Å². The Morgan fingerprint density at radius 1 is 1.05 bits per heavy atom. The van der Waals surface area contributed by atoms with Crippen molar-refractivity contribution in [2.24, 2.45) is 5.41 Å². The second kappa shape index (κ2) is 8.84. The van der Waals surface area contributed by atoms with Gasteiger partial charge in [0.25, 0.3) is 0 Å². The zero-order valence-electron chi connectivity index (χ0n) is 13.5. The fourth-order valence-electron chi connectivity index (χ4n) is 2.25. The predicted octanol–water partition coefficient (Wildman–Crippen LogP) is 5.33. The van der Waals surface area contributed by atoms with Crippen LogP contribution in [0.5, 0.6) is 0 Å². The summed E-state index contributed by atoms with van der Waals surface area (Å²) in [4.78, 5) is 0. The molecule has 1 N–H and O–H groups in total. The number of hydrogen-bond acceptors (Lipinski definition) is 1. The van der Waals surface area contributed by atoms with Crippen LogP contribution in [0.25, 0.3) is 0 Å². The van der Waals surface area contributed by atoms with Gasteiger partial charge in [0, 0.05) is 12.2 Å². The van der Waals surface area contributed by atoms with E-state index in [0.29, 0.717) is 5.41 Å². The van der Waals surface area contributed by atoms with Crippen molar-refractivity contribution in [3.05, 3.63) is 48.2 Å². The molecule has 0 aliphatic rings. The van der Waals surface area contributed by atoms with Crippen LogP contribution in [0.3, 0.4) is 0 Å². The fraction of sp³-hybridized carbons (Fsp3) is 0.579. The third kappa shape index (κ3) is 8.79. The first-order valence-corrected chi connectivity index (χ1v) is 7.93. The van der Waals surface area contributed by atoms with E-state index in [-0.39, 0.29) is 0 Å². The molecule has 0 heterocycles. The Kier molecular flexibility index (Phi) is 7.43. The summed E-state index contributed by atoms with van der Waals surface area (Å²) >= 11 is 0. The molecule has 0 amide bonds. The van der Waals surface area contributed by atoms with Crippen molar-refractivity contribution < 1.29 is 0 Å². The molecule has 0 unspecified atom stereocenters. The summed E-state index contributed by atoms with van der Waals surface area (Å²) in [7, 11) is 0. The number of benzene rings is 1. The fourth-order valence-corrected chi connectivity index (χ4v) is 2.25. The maximum absolute atomic E-state index is 4.12. The zero-order chi connectivity index (χ0) is 14.8. The van der Waals surface area contributed by atoms with Gasteiger partial charge in [-0.05, 0) is 36.7 Å². The normalized spacial score (nSPS) is 11.3. The van der Waals surface area contributed by atoms with E-state index < -0.39 is 0 Å². The molecule has 1 heteroatoms. The third-order valence-corrected chi connectivity index (χ3v) is 3.54. The first kappa shape index (κ1) is 16.8. The minimum absolute atomic E-state index is 0.479. The van der Waals surface area contributed by atoms with Crippen LogP contribution in [0.2, 0.25) is 0 Å². The molecule has 1 aromatic rings. The molecule has 1 rings (SSSR count). The lowest BCUT2D eigenvalue weighted by molar-refractivity contribution is 0.358. The standard InChI is InChI=1S/C19H31N/c1-17(13-14-18-11-7-5-8-12-18)20-16-10-6-9-15-19(2,3)4/h5,7-8,11-12,20H,1,6,9-10,13-16H2,2-4H3. The van der Waals surface area contributed by atoms with Gasteiger partial charge in [-0.25, -0.2) is 0 Å². The van der Waals surface area contributed by atoms with E-state index in [4.69, 9.17) is 0 Å². The first-order chi connectivity index (χ1) is 9.47. The second-order valence-electron chi connectivity index (χ2n) is 6.89. The molecule has 0 aromatic heterocycles. The lowest BCUT2D eigenvalue weighted by Gasteiger charge is -2.17. The summed E-state index contributed by atoms with van der Waals surface area (Å²) in [6, 6.07) is 10.6. The molecule has 0 aliphatic heterocycles. The van der Waals surface area contributed by atoms with E-state index >= 15 is 0 Å². The Balaban J connectivity index is 2.01. The molecule has 0 saturated heterocycles. The number of allylic oxidation sites excluding steroid dienone is 1. The van der Waals surface area contributed by atoms with E-state index in [1.54, 1.807) is 0 Å². The minimum Gasteiger partial charge on any atom is -0.389 e. The first-order valence-electron chi connectivity index (χ1n) is 7.93. The van der Waals surface area contributed by atoms with Crippen molar-refractivity contribution in [3.63, 3.8) is 0 Å². The largest absolute Gasteiger partial charge is 0.389 e. The highest BCUT2D eigenvalue weighted by Crippen LogP contribution is 2.21. The average molecular weight is 273 g/mol. The highest BCUT2D eigenvalue weighted by molar-refractivity contribution is 5.15. The second-order valence-corrected chi connectivity index (χ2v) is 6.89. The number of nitrogens with one attached hydrogen (secondary N) is 1. The molecule has 0 aliphatic carbocycles. The number of unbranched alkanes of at least 4 members (excludes halogenated alkanes) is 2. The monoisotopic (exact) mass is 273 g/mol. The molecule has 0 atom stereocenters. The third-order valence-electron chi connectivity index (χ3n) is 3.54. The zero-order valence-corrected chi connectivity index (χ0v) is 13.5. The quantitative estimate of drug-likeness (QED) is 0.600. The highest BCUT2D eigenvalue weighted by atomic mass is 14.9. The molecular weight excluding hydrogens is 242 g/mol. The van der Waals surface area contributed by atoms with Crippen molar-refractivity contribution in [2.45, 2.75) is 59.3 Å². The van der Waals surface area contributed by atoms with Crippen LogP contribution in [0, 0.1) is 5.41 Å². The van der Waals surface area contributed by atoms with E-state index in [0.717, 1.165) is 19.4 Å². The summed E-state index contributed by atoms with van der Waals surface area (Å²) in [6.45, 7) is 12.1. The van der Waals surface area contributed by atoms with Crippen molar-refractivity contribution >= 4 is 0 Å². The molecule has 0 radical (unpaired) electrons. The Morgan fingerprint density at radius 2 is 1.75 bits per heavy atom. The van der Waals surface area contributed by atoms with Crippen molar-refractivity contribution in [3.8, 4) is 0 Å². The molecule has 0 spiro atoms.